The highest BCUT2D eigenvalue weighted by atomic mass is 32.2. The molecule has 0 aliphatic rings. The molecule has 0 atom stereocenters. The van der Waals surface area contributed by atoms with Gasteiger partial charge in [-0.2, -0.15) is 5.10 Å². The van der Waals surface area contributed by atoms with E-state index in [0.717, 1.165) is 45.7 Å². The van der Waals surface area contributed by atoms with Crippen LogP contribution in [0.1, 0.15) is 12.6 Å². The molecule has 8 heteroatoms. The molecule has 6 nitrogen and oxygen atoms in total. The maximum absolute atomic E-state index is 11.6. The van der Waals surface area contributed by atoms with Crippen LogP contribution in [-0.4, -0.2) is 29.4 Å². The average Bonchev–Trinajstić information content (AvgIpc) is 3.25. The Hall–Kier alpha value is -2.71. The molecule has 0 spiro atoms. The number of benzene rings is 2. The standard InChI is InChI=1S/C19H18N4O2S2/c1-3-14-12-26-19(20-14)23-17-11-15(22-27(2,24)25)9-10-16(17)18(21-23)13-7-5-4-6-8-13/h4-12,22H,3H2,1-2H3. The maximum Gasteiger partial charge on any atom is 0.229 e. The zero-order valence-electron chi connectivity index (χ0n) is 14.9. The van der Waals surface area contributed by atoms with Crippen molar-refractivity contribution in [1.82, 2.24) is 14.8 Å². The number of aryl methyl sites for hydroxylation is 1. The van der Waals surface area contributed by atoms with Crippen LogP contribution in [0, 0.1) is 0 Å². The van der Waals surface area contributed by atoms with E-state index in [2.05, 4.69) is 16.6 Å². The van der Waals surface area contributed by atoms with Crippen molar-refractivity contribution in [2.45, 2.75) is 13.3 Å². The number of hydrogen-bond acceptors (Lipinski definition) is 5. The van der Waals surface area contributed by atoms with Crippen LogP contribution in [0.4, 0.5) is 5.69 Å². The topological polar surface area (TPSA) is 76.9 Å². The lowest BCUT2D eigenvalue weighted by atomic mass is 10.1. The summed E-state index contributed by atoms with van der Waals surface area (Å²) in [6.45, 7) is 2.06. The molecule has 0 saturated carbocycles. The summed E-state index contributed by atoms with van der Waals surface area (Å²) in [6.07, 6.45) is 1.99. The van der Waals surface area contributed by atoms with Crippen LogP contribution in [-0.2, 0) is 16.4 Å². The van der Waals surface area contributed by atoms with Gasteiger partial charge in [0, 0.05) is 16.3 Å². The van der Waals surface area contributed by atoms with Gasteiger partial charge in [0.2, 0.25) is 15.2 Å². The fraction of sp³-hybridized carbons (Fsp3) is 0.158. The van der Waals surface area contributed by atoms with Gasteiger partial charge < -0.3 is 0 Å². The third-order valence-electron chi connectivity index (χ3n) is 4.11. The number of aromatic nitrogens is 3. The Morgan fingerprint density at radius 2 is 1.93 bits per heavy atom. The van der Waals surface area contributed by atoms with Crippen molar-refractivity contribution in [2.75, 3.05) is 11.0 Å². The van der Waals surface area contributed by atoms with Gasteiger partial charge >= 0.3 is 0 Å². The summed E-state index contributed by atoms with van der Waals surface area (Å²) in [4.78, 5) is 4.64. The first-order valence-electron chi connectivity index (χ1n) is 8.45. The molecule has 27 heavy (non-hydrogen) atoms. The van der Waals surface area contributed by atoms with E-state index < -0.39 is 10.0 Å². The third kappa shape index (κ3) is 3.58. The summed E-state index contributed by atoms with van der Waals surface area (Å²) in [5, 5.41) is 8.52. The number of thiazole rings is 1. The van der Waals surface area contributed by atoms with Crippen LogP contribution in [0.15, 0.2) is 53.9 Å². The van der Waals surface area contributed by atoms with Crippen molar-refractivity contribution in [2.24, 2.45) is 0 Å². The van der Waals surface area contributed by atoms with E-state index in [-0.39, 0.29) is 0 Å². The number of hydrogen-bond donors (Lipinski definition) is 1. The maximum atomic E-state index is 11.6. The summed E-state index contributed by atoms with van der Waals surface area (Å²) < 4.78 is 27.6. The first kappa shape index (κ1) is 17.7. The van der Waals surface area contributed by atoms with Gasteiger partial charge in [0.1, 0.15) is 5.69 Å². The quantitative estimate of drug-likeness (QED) is 0.549. The first-order valence-corrected chi connectivity index (χ1v) is 11.2. The van der Waals surface area contributed by atoms with E-state index in [4.69, 9.17) is 5.10 Å². The Balaban J connectivity index is 1.95. The van der Waals surface area contributed by atoms with Crippen LogP contribution < -0.4 is 4.72 Å². The van der Waals surface area contributed by atoms with Crippen LogP contribution in [0.5, 0.6) is 0 Å². The monoisotopic (exact) mass is 398 g/mol. The molecule has 0 amide bonds. The molecule has 2 aromatic carbocycles. The molecule has 0 aliphatic heterocycles. The number of fused-ring (bicyclic) bond motifs is 1. The average molecular weight is 399 g/mol. The summed E-state index contributed by atoms with van der Waals surface area (Å²) in [5.74, 6) is 0. The Morgan fingerprint density at radius 3 is 2.59 bits per heavy atom. The van der Waals surface area contributed by atoms with Crippen molar-refractivity contribution in [3.8, 4) is 16.4 Å². The molecule has 2 heterocycles. The largest absolute Gasteiger partial charge is 0.284 e. The SMILES string of the molecule is CCc1csc(-n2nc(-c3ccccc3)c3ccc(NS(C)(=O)=O)cc32)n1. The van der Waals surface area contributed by atoms with Crippen molar-refractivity contribution in [3.63, 3.8) is 0 Å². The van der Waals surface area contributed by atoms with Crippen molar-refractivity contribution in [1.29, 1.82) is 0 Å². The smallest absolute Gasteiger partial charge is 0.229 e. The van der Waals surface area contributed by atoms with Gasteiger partial charge in [-0.3, -0.25) is 4.72 Å². The van der Waals surface area contributed by atoms with E-state index in [1.165, 1.54) is 11.3 Å². The number of anilines is 1. The Labute approximate surface area is 161 Å². The fourth-order valence-electron chi connectivity index (χ4n) is 2.90. The van der Waals surface area contributed by atoms with E-state index in [0.29, 0.717) is 5.69 Å². The zero-order chi connectivity index (χ0) is 19.0. The molecule has 0 fully saturated rings. The van der Waals surface area contributed by atoms with Crippen molar-refractivity contribution < 1.29 is 8.42 Å². The minimum absolute atomic E-state index is 0.498. The second kappa shape index (κ2) is 6.79. The molecule has 1 N–H and O–H groups in total. The lowest BCUT2D eigenvalue weighted by Gasteiger charge is -2.05. The lowest BCUT2D eigenvalue weighted by molar-refractivity contribution is 0.607. The Bertz CT molecular complexity index is 1210. The van der Waals surface area contributed by atoms with Gasteiger partial charge in [-0.05, 0) is 24.6 Å². The molecule has 4 aromatic rings. The van der Waals surface area contributed by atoms with Gasteiger partial charge in [-0.15, -0.1) is 11.3 Å². The van der Waals surface area contributed by atoms with Crippen LogP contribution in [0.3, 0.4) is 0 Å². The number of rotatable bonds is 5. The normalized spacial score (nSPS) is 11.8. The first-order chi connectivity index (χ1) is 12.9. The zero-order valence-corrected chi connectivity index (χ0v) is 16.5. The van der Waals surface area contributed by atoms with Gasteiger partial charge in [-0.1, -0.05) is 37.3 Å². The van der Waals surface area contributed by atoms with E-state index >= 15 is 0 Å². The molecule has 138 valence electrons. The lowest BCUT2D eigenvalue weighted by Crippen LogP contribution is -2.09. The summed E-state index contributed by atoms with van der Waals surface area (Å²) >= 11 is 1.52. The molecule has 0 unspecified atom stereocenters. The summed E-state index contributed by atoms with van der Waals surface area (Å²) in [6, 6.07) is 15.4. The minimum atomic E-state index is -3.36. The number of nitrogens with one attached hydrogen (secondary N) is 1. The second-order valence-corrected chi connectivity index (χ2v) is 8.79. The predicted octanol–water partition coefficient (Wildman–Crippen LogP) is 4.08. The number of sulfonamides is 1. The van der Waals surface area contributed by atoms with Crippen molar-refractivity contribution >= 4 is 38.0 Å². The Morgan fingerprint density at radius 1 is 1.15 bits per heavy atom. The van der Waals surface area contributed by atoms with Gasteiger partial charge in [0.15, 0.2) is 0 Å². The van der Waals surface area contributed by atoms with Crippen LogP contribution in [0.2, 0.25) is 0 Å². The third-order valence-corrected chi connectivity index (χ3v) is 5.59. The van der Waals surface area contributed by atoms with Crippen LogP contribution in [0.25, 0.3) is 27.3 Å². The van der Waals surface area contributed by atoms with Gasteiger partial charge in [0.25, 0.3) is 0 Å². The molecule has 2 aromatic heterocycles. The van der Waals surface area contributed by atoms with E-state index in [9.17, 15) is 8.42 Å². The minimum Gasteiger partial charge on any atom is -0.284 e. The molecule has 4 rings (SSSR count). The highest BCUT2D eigenvalue weighted by molar-refractivity contribution is 7.92. The summed E-state index contributed by atoms with van der Waals surface area (Å²) in [5.41, 5.74) is 4.14. The highest BCUT2D eigenvalue weighted by Gasteiger charge is 2.16. The molecule has 0 bridgehead atoms. The van der Waals surface area contributed by atoms with Crippen molar-refractivity contribution in [3.05, 3.63) is 59.6 Å². The second-order valence-electron chi connectivity index (χ2n) is 6.21. The van der Waals surface area contributed by atoms with E-state index in [1.807, 2.05) is 41.8 Å². The molecular formula is C19H18N4O2S2. The van der Waals surface area contributed by atoms with Crippen LogP contribution >= 0.6 is 11.3 Å². The highest BCUT2D eigenvalue weighted by Crippen LogP contribution is 2.32. The Kier molecular flexibility index (Phi) is 4.45. The predicted molar refractivity (Wildman–Crippen MR) is 110 cm³/mol. The number of nitrogens with zero attached hydrogens (tertiary/aromatic N) is 3. The van der Waals surface area contributed by atoms with Gasteiger partial charge in [0.05, 0.1) is 23.2 Å². The fourth-order valence-corrected chi connectivity index (χ4v) is 4.33. The molecule has 0 aliphatic carbocycles. The van der Waals surface area contributed by atoms with Gasteiger partial charge in [-0.25, -0.2) is 18.1 Å². The molecule has 0 saturated heterocycles. The molecular weight excluding hydrogens is 380 g/mol. The summed E-state index contributed by atoms with van der Waals surface area (Å²) in [7, 11) is -3.36. The molecule has 0 radical (unpaired) electrons. The van der Waals surface area contributed by atoms with E-state index in [1.54, 1.807) is 16.8 Å².